The zero-order valence-corrected chi connectivity index (χ0v) is 19.0. The molecule has 35 heavy (non-hydrogen) atoms. The van der Waals surface area contributed by atoms with Crippen LogP contribution in [0, 0.1) is 6.92 Å². The lowest BCUT2D eigenvalue weighted by molar-refractivity contribution is -0.143. The van der Waals surface area contributed by atoms with Crippen LogP contribution in [0.4, 0.5) is 26.3 Å². The summed E-state index contributed by atoms with van der Waals surface area (Å²) in [5, 5.41) is -0.0556. The summed E-state index contributed by atoms with van der Waals surface area (Å²) in [4.78, 5) is 31.5. The predicted octanol–water partition coefficient (Wildman–Crippen LogP) is 5.08. The van der Waals surface area contributed by atoms with E-state index in [4.69, 9.17) is 11.6 Å². The van der Waals surface area contributed by atoms with Crippen molar-refractivity contribution in [3.05, 3.63) is 80.2 Å². The van der Waals surface area contributed by atoms with Crippen LogP contribution in [0.25, 0.3) is 5.69 Å². The Morgan fingerprint density at radius 3 is 2.14 bits per heavy atom. The fourth-order valence-corrected chi connectivity index (χ4v) is 4.27. The van der Waals surface area contributed by atoms with Crippen molar-refractivity contribution in [2.75, 3.05) is 0 Å². The highest BCUT2D eigenvalue weighted by Gasteiger charge is 2.38. The lowest BCUT2D eigenvalue weighted by Crippen LogP contribution is -2.49. The molecule has 0 saturated carbocycles. The quantitative estimate of drug-likeness (QED) is 0.455. The number of halogens is 7. The number of rotatable bonds is 3. The normalized spacial score (nSPS) is 16.5. The Labute approximate surface area is 199 Å². The molecular formula is C22H17ClF6N4O2. The first-order valence-corrected chi connectivity index (χ1v) is 10.6. The van der Waals surface area contributed by atoms with Gasteiger partial charge in [0.25, 0.3) is 11.5 Å². The minimum Gasteiger partial charge on any atom is -0.329 e. The molecule has 3 aromatic rings. The molecule has 0 spiro atoms. The van der Waals surface area contributed by atoms with Crippen molar-refractivity contribution in [2.45, 2.75) is 45.3 Å². The topological polar surface area (TPSA) is 60.1 Å². The SMILES string of the molecule is Cc1cn(-c2c(Cl)cc3n(c2=O)CC(C)N(Cc2cc(C(F)(F)F)cc(C(F)(F)F)c2)C3=O)cn1. The second-order valence-electron chi connectivity index (χ2n) is 8.26. The number of aromatic nitrogens is 3. The number of alkyl halides is 6. The van der Waals surface area contributed by atoms with Gasteiger partial charge in [0.2, 0.25) is 0 Å². The first-order valence-electron chi connectivity index (χ1n) is 10.2. The molecule has 0 radical (unpaired) electrons. The van der Waals surface area contributed by atoms with Crippen molar-refractivity contribution in [1.82, 2.24) is 19.0 Å². The molecule has 0 N–H and O–H groups in total. The number of imidazole rings is 1. The van der Waals surface area contributed by atoms with Crippen LogP contribution in [0.15, 0.2) is 41.6 Å². The van der Waals surface area contributed by atoms with E-state index >= 15 is 0 Å². The maximum Gasteiger partial charge on any atom is 0.416 e. The van der Waals surface area contributed by atoms with Crippen LogP contribution in [0.1, 0.15) is 39.8 Å². The molecule has 1 aliphatic heterocycles. The van der Waals surface area contributed by atoms with Crippen molar-refractivity contribution in [1.29, 1.82) is 0 Å². The van der Waals surface area contributed by atoms with E-state index in [9.17, 15) is 35.9 Å². The van der Waals surface area contributed by atoms with Crippen LogP contribution in [0.3, 0.4) is 0 Å². The summed E-state index contributed by atoms with van der Waals surface area (Å²) >= 11 is 6.28. The fraction of sp³-hybridized carbons (Fsp3) is 0.318. The number of carbonyl (C=O) groups excluding carboxylic acids is 1. The van der Waals surface area contributed by atoms with Gasteiger partial charge >= 0.3 is 12.4 Å². The van der Waals surface area contributed by atoms with Crippen LogP contribution < -0.4 is 5.56 Å². The Bertz CT molecular complexity index is 1340. The number of carbonyl (C=O) groups is 1. The molecule has 1 aromatic carbocycles. The Balaban J connectivity index is 1.74. The van der Waals surface area contributed by atoms with Gasteiger partial charge in [0.15, 0.2) is 0 Å². The number of fused-ring (bicyclic) bond motifs is 1. The maximum atomic E-state index is 13.2. The third kappa shape index (κ3) is 4.66. The summed E-state index contributed by atoms with van der Waals surface area (Å²) in [5.74, 6) is -0.748. The van der Waals surface area contributed by atoms with Gasteiger partial charge in [0, 0.05) is 25.3 Å². The van der Waals surface area contributed by atoms with Crippen molar-refractivity contribution in [3.8, 4) is 5.69 Å². The van der Waals surface area contributed by atoms with E-state index in [1.807, 2.05) is 0 Å². The lowest BCUT2D eigenvalue weighted by Gasteiger charge is -2.36. The zero-order valence-electron chi connectivity index (χ0n) is 18.2. The summed E-state index contributed by atoms with van der Waals surface area (Å²) in [6, 6.07) is 1.72. The second kappa shape index (κ2) is 8.43. The number of benzene rings is 1. The molecule has 13 heteroatoms. The van der Waals surface area contributed by atoms with Gasteiger partial charge in [-0.05, 0) is 43.7 Å². The number of nitrogens with zero attached hydrogens (tertiary/aromatic N) is 4. The number of amides is 1. The predicted molar refractivity (Wildman–Crippen MR) is 113 cm³/mol. The molecular weight excluding hydrogens is 502 g/mol. The molecule has 0 saturated heterocycles. The highest BCUT2D eigenvalue weighted by molar-refractivity contribution is 6.32. The van der Waals surface area contributed by atoms with Gasteiger partial charge in [-0.25, -0.2) is 4.98 Å². The number of pyridine rings is 1. The minimum absolute atomic E-state index is 0.0267. The standard InChI is InChI=1S/C22H17ClF6N4O2/c1-11-7-31(10-30-11)18-16(23)6-17-19(34)32(12(2)8-33(17)20(18)35)9-13-3-14(21(24,25)26)5-15(4-13)22(27,28)29/h3-7,10,12H,8-9H2,1-2H3. The molecule has 1 unspecified atom stereocenters. The molecule has 4 rings (SSSR count). The van der Waals surface area contributed by atoms with Crippen molar-refractivity contribution < 1.29 is 31.1 Å². The van der Waals surface area contributed by atoms with Crippen LogP contribution in [-0.2, 0) is 25.4 Å². The van der Waals surface area contributed by atoms with Crippen LogP contribution in [0.2, 0.25) is 5.02 Å². The summed E-state index contributed by atoms with van der Waals surface area (Å²) in [6.07, 6.45) is -7.06. The van der Waals surface area contributed by atoms with E-state index in [1.165, 1.54) is 21.5 Å². The summed E-state index contributed by atoms with van der Waals surface area (Å²) in [6.45, 7) is 2.69. The Morgan fingerprint density at radius 2 is 1.63 bits per heavy atom. The van der Waals surface area contributed by atoms with Gasteiger partial charge in [-0.15, -0.1) is 0 Å². The van der Waals surface area contributed by atoms with Gasteiger partial charge in [-0.1, -0.05) is 11.6 Å². The molecule has 6 nitrogen and oxygen atoms in total. The van der Waals surface area contributed by atoms with E-state index in [1.54, 1.807) is 20.0 Å². The Morgan fingerprint density at radius 1 is 1.03 bits per heavy atom. The highest BCUT2D eigenvalue weighted by atomic mass is 35.5. The van der Waals surface area contributed by atoms with Crippen molar-refractivity contribution >= 4 is 17.5 Å². The number of hydrogen-bond donors (Lipinski definition) is 0. The van der Waals surface area contributed by atoms with Gasteiger partial charge in [-0.2, -0.15) is 26.3 Å². The number of aryl methyl sites for hydroxylation is 1. The third-order valence-corrected chi connectivity index (χ3v) is 5.95. The average molecular weight is 519 g/mol. The first-order chi connectivity index (χ1) is 16.2. The number of hydrogen-bond acceptors (Lipinski definition) is 3. The van der Waals surface area contributed by atoms with Gasteiger partial charge in [-0.3, -0.25) is 18.7 Å². The molecule has 2 aromatic heterocycles. The van der Waals surface area contributed by atoms with Crippen molar-refractivity contribution in [2.24, 2.45) is 0 Å². The molecule has 0 aliphatic carbocycles. The van der Waals surface area contributed by atoms with Crippen LogP contribution in [0.5, 0.6) is 0 Å². The van der Waals surface area contributed by atoms with E-state index in [0.717, 1.165) is 4.90 Å². The Kier molecular flexibility index (Phi) is 5.98. The second-order valence-corrected chi connectivity index (χ2v) is 8.67. The van der Waals surface area contributed by atoms with Crippen LogP contribution in [-0.4, -0.2) is 31.0 Å². The molecule has 1 aliphatic rings. The zero-order chi connectivity index (χ0) is 25.9. The van der Waals surface area contributed by atoms with Crippen molar-refractivity contribution in [3.63, 3.8) is 0 Å². The van der Waals surface area contributed by atoms with Gasteiger partial charge in [0.05, 0.1) is 28.2 Å². The average Bonchev–Trinajstić information content (AvgIpc) is 3.16. The molecule has 1 atom stereocenters. The fourth-order valence-electron chi connectivity index (χ4n) is 3.99. The molecule has 0 bridgehead atoms. The van der Waals surface area contributed by atoms with Crippen LogP contribution >= 0.6 is 11.6 Å². The monoisotopic (exact) mass is 518 g/mol. The summed E-state index contributed by atoms with van der Waals surface area (Å²) < 4.78 is 82.0. The van der Waals surface area contributed by atoms with Gasteiger partial charge < -0.3 is 4.90 Å². The maximum absolute atomic E-state index is 13.2. The summed E-state index contributed by atoms with van der Waals surface area (Å²) in [5.41, 5.74) is -3.31. The van der Waals surface area contributed by atoms with E-state index in [2.05, 4.69) is 4.98 Å². The first kappa shape index (κ1) is 24.8. The smallest absolute Gasteiger partial charge is 0.329 e. The minimum atomic E-state index is -5.01. The molecule has 1 amide bonds. The molecule has 186 valence electrons. The molecule has 3 heterocycles. The van der Waals surface area contributed by atoms with Gasteiger partial charge in [0.1, 0.15) is 11.4 Å². The van der Waals surface area contributed by atoms with E-state index in [-0.39, 0.29) is 34.6 Å². The third-order valence-electron chi connectivity index (χ3n) is 5.66. The van der Waals surface area contributed by atoms with E-state index in [0.29, 0.717) is 17.8 Å². The lowest BCUT2D eigenvalue weighted by atomic mass is 10.0. The molecule has 0 fully saturated rings. The highest BCUT2D eigenvalue weighted by Crippen LogP contribution is 2.37. The largest absolute Gasteiger partial charge is 0.416 e. The van der Waals surface area contributed by atoms with E-state index < -0.39 is 47.5 Å². The Hall–Kier alpha value is -3.28. The summed E-state index contributed by atoms with van der Waals surface area (Å²) in [7, 11) is 0.